The molecule has 1 atom stereocenters. The van der Waals surface area contributed by atoms with E-state index < -0.39 is 0 Å². The van der Waals surface area contributed by atoms with Gasteiger partial charge in [0, 0.05) is 18.4 Å². The van der Waals surface area contributed by atoms with Gasteiger partial charge in [-0.05, 0) is 59.3 Å². The minimum atomic E-state index is -0.165. The van der Waals surface area contributed by atoms with E-state index in [0.717, 1.165) is 36.4 Å². The molecule has 0 bridgehead atoms. The van der Waals surface area contributed by atoms with Crippen molar-refractivity contribution in [2.75, 3.05) is 18.4 Å². The Balaban J connectivity index is 1.98. The zero-order valence-corrected chi connectivity index (χ0v) is 13.5. The molecule has 1 unspecified atom stereocenters. The van der Waals surface area contributed by atoms with E-state index in [1.165, 1.54) is 25.3 Å². The standard InChI is InChI=1S/C14H18Br2FN/c15-7-6-11-3-2-8-18(9-11)10-12-4-1-5-13(17)14(12)16/h1,4-5,11H,2-3,6-10H2. The number of halogens is 3. The third-order valence-corrected chi connectivity index (χ3v) is 4.89. The first-order chi connectivity index (χ1) is 8.70. The van der Waals surface area contributed by atoms with Crippen LogP contribution in [0.3, 0.4) is 0 Å². The lowest BCUT2D eigenvalue weighted by Gasteiger charge is -2.32. The Hall–Kier alpha value is 0.0700. The SMILES string of the molecule is Fc1cccc(CN2CCCC(CCBr)C2)c1Br. The van der Waals surface area contributed by atoms with Gasteiger partial charge in [0.05, 0.1) is 4.47 Å². The van der Waals surface area contributed by atoms with E-state index in [1.807, 2.05) is 6.07 Å². The first-order valence-electron chi connectivity index (χ1n) is 6.42. The molecule has 4 heteroatoms. The van der Waals surface area contributed by atoms with E-state index in [-0.39, 0.29) is 5.82 Å². The van der Waals surface area contributed by atoms with Gasteiger partial charge in [-0.3, -0.25) is 4.90 Å². The average molecular weight is 379 g/mol. The maximum Gasteiger partial charge on any atom is 0.137 e. The van der Waals surface area contributed by atoms with Gasteiger partial charge in [-0.2, -0.15) is 0 Å². The number of benzene rings is 1. The number of alkyl halides is 1. The Morgan fingerprint density at radius 3 is 3.00 bits per heavy atom. The molecule has 18 heavy (non-hydrogen) atoms. The van der Waals surface area contributed by atoms with Crippen molar-refractivity contribution >= 4 is 31.9 Å². The summed E-state index contributed by atoms with van der Waals surface area (Å²) in [4.78, 5) is 2.44. The Morgan fingerprint density at radius 2 is 2.22 bits per heavy atom. The van der Waals surface area contributed by atoms with E-state index in [1.54, 1.807) is 6.07 Å². The molecular formula is C14H18Br2FN. The molecule has 1 aromatic carbocycles. The van der Waals surface area contributed by atoms with Crippen LogP contribution in [0, 0.1) is 11.7 Å². The van der Waals surface area contributed by atoms with Crippen LogP contribution < -0.4 is 0 Å². The molecule has 0 saturated carbocycles. The molecule has 0 radical (unpaired) electrons. The molecular weight excluding hydrogens is 361 g/mol. The Morgan fingerprint density at radius 1 is 1.39 bits per heavy atom. The Kier molecular flexibility index (Phi) is 5.64. The summed E-state index contributed by atoms with van der Waals surface area (Å²) in [6.07, 6.45) is 3.82. The van der Waals surface area contributed by atoms with Crippen LogP contribution in [0.25, 0.3) is 0 Å². The fourth-order valence-corrected chi connectivity index (χ4v) is 3.63. The highest BCUT2D eigenvalue weighted by Crippen LogP contribution is 2.25. The van der Waals surface area contributed by atoms with Gasteiger partial charge in [0.1, 0.15) is 5.82 Å². The maximum absolute atomic E-state index is 13.5. The lowest BCUT2D eigenvalue weighted by atomic mass is 9.95. The summed E-state index contributed by atoms with van der Waals surface area (Å²) in [6.45, 7) is 3.10. The van der Waals surface area contributed by atoms with Gasteiger partial charge in [0.2, 0.25) is 0 Å². The van der Waals surface area contributed by atoms with Gasteiger partial charge in [-0.15, -0.1) is 0 Å². The van der Waals surface area contributed by atoms with E-state index in [0.29, 0.717) is 4.47 Å². The van der Waals surface area contributed by atoms with Crippen molar-refractivity contribution in [1.82, 2.24) is 4.90 Å². The molecule has 0 spiro atoms. The molecule has 100 valence electrons. The molecule has 1 aliphatic heterocycles. The van der Waals surface area contributed by atoms with Crippen molar-refractivity contribution in [2.45, 2.75) is 25.8 Å². The van der Waals surface area contributed by atoms with E-state index >= 15 is 0 Å². The zero-order chi connectivity index (χ0) is 13.0. The molecule has 1 heterocycles. The predicted octanol–water partition coefficient (Wildman–Crippen LogP) is 4.59. The topological polar surface area (TPSA) is 3.24 Å². The monoisotopic (exact) mass is 377 g/mol. The van der Waals surface area contributed by atoms with Crippen molar-refractivity contribution < 1.29 is 4.39 Å². The van der Waals surface area contributed by atoms with Crippen molar-refractivity contribution in [3.05, 3.63) is 34.1 Å². The number of hydrogen-bond acceptors (Lipinski definition) is 1. The first kappa shape index (κ1) is 14.5. The minimum absolute atomic E-state index is 0.165. The van der Waals surface area contributed by atoms with Crippen LogP contribution in [0.2, 0.25) is 0 Å². The molecule has 0 amide bonds. The number of likely N-dealkylation sites (tertiary alicyclic amines) is 1. The molecule has 2 rings (SSSR count). The van der Waals surface area contributed by atoms with E-state index in [2.05, 4.69) is 36.8 Å². The highest BCUT2D eigenvalue weighted by Gasteiger charge is 2.20. The van der Waals surface area contributed by atoms with Gasteiger partial charge in [-0.1, -0.05) is 28.1 Å². The normalized spacial score (nSPS) is 21.2. The van der Waals surface area contributed by atoms with Gasteiger partial charge >= 0.3 is 0 Å². The van der Waals surface area contributed by atoms with Crippen molar-refractivity contribution in [3.63, 3.8) is 0 Å². The number of rotatable bonds is 4. The molecule has 0 aromatic heterocycles. The molecule has 1 saturated heterocycles. The highest BCUT2D eigenvalue weighted by atomic mass is 79.9. The summed E-state index contributed by atoms with van der Waals surface area (Å²) in [7, 11) is 0. The molecule has 1 aromatic rings. The van der Waals surface area contributed by atoms with Crippen molar-refractivity contribution in [1.29, 1.82) is 0 Å². The lowest BCUT2D eigenvalue weighted by molar-refractivity contribution is 0.165. The minimum Gasteiger partial charge on any atom is -0.299 e. The van der Waals surface area contributed by atoms with Crippen LogP contribution in [0.5, 0.6) is 0 Å². The summed E-state index contributed by atoms with van der Waals surface area (Å²) in [6, 6.07) is 5.29. The summed E-state index contributed by atoms with van der Waals surface area (Å²) in [5.41, 5.74) is 1.05. The van der Waals surface area contributed by atoms with Crippen LogP contribution in [0.4, 0.5) is 4.39 Å². The van der Waals surface area contributed by atoms with Gasteiger partial charge in [0.15, 0.2) is 0 Å². The van der Waals surface area contributed by atoms with Crippen molar-refractivity contribution in [3.8, 4) is 0 Å². The fourth-order valence-electron chi connectivity index (χ4n) is 2.60. The molecule has 1 fully saturated rings. The predicted molar refractivity (Wildman–Crippen MR) is 80.5 cm³/mol. The summed E-state index contributed by atoms with van der Waals surface area (Å²) in [5, 5.41) is 1.08. The summed E-state index contributed by atoms with van der Waals surface area (Å²) >= 11 is 6.86. The van der Waals surface area contributed by atoms with Crippen LogP contribution >= 0.6 is 31.9 Å². The quantitative estimate of drug-likeness (QED) is 0.693. The third-order valence-electron chi connectivity index (χ3n) is 3.55. The highest BCUT2D eigenvalue weighted by molar-refractivity contribution is 9.10. The smallest absolute Gasteiger partial charge is 0.137 e. The zero-order valence-electron chi connectivity index (χ0n) is 10.3. The second kappa shape index (κ2) is 7.01. The number of piperidine rings is 1. The molecule has 1 aliphatic rings. The average Bonchev–Trinajstić information content (AvgIpc) is 2.36. The fraction of sp³-hybridized carbons (Fsp3) is 0.571. The van der Waals surface area contributed by atoms with Crippen LogP contribution in [0.15, 0.2) is 22.7 Å². The largest absolute Gasteiger partial charge is 0.299 e. The third kappa shape index (κ3) is 3.78. The number of nitrogens with zero attached hydrogens (tertiary/aromatic N) is 1. The number of hydrogen-bond donors (Lipinski definition) is 0. The van der Waals surface area contributed by atoms with Gasteiger partial charge < -0.3 is 0 Å². The Labute approximate surface area is 125 Å². The Bertz CT molecular complexity index is 395. The lowest BCUT2D eigenvalue weighted by Crippen LogP contribution is -2.35. The first-order valence-corrected chi connectivity index (χ1v) is 8.33. The molecule has 0 aliphatic carbocycles. The van der Waals surface area contributed by atoms with Crippen molar-refractivity contribution in [2.24, 2.45) is 5.92 Å². The van der Waals surface area contributed by atoms with Gasteiger partial charge in [-0.25, -0.2) is 4.39 Å². The van der Waals surface area contributed by atoms with Crippen LogP contribution in [0.1, 0.15) is 24.8 Å². The second-order valence-electron chi connectivity index (χ2n) is 4.93. The second-order valence-corrected chi connectivity index (χ2v) is 6.52. The maximum atomic E-state index is 13.5. The van der Waals surface area contributed by atoms with E-state index in [4.69, 9.17) is 0 Å². The summed E-state index contributed by atoms with van der Waals surface area (Å²) in [5.74, 6) is 0.618. The van der Waals surface area contributed by atoms with Crippen LogP contribution in [-0.4, -0.2) is 23.3 Å². The van der Waals surface area contributed by atoms with E-state index in [9.17, 15) is 4.39 Å². The summed E-state index contributed by atoms with van der Waals surface area (Å²) < 4.78 is 14.1. The molecule has 1 nitrogen and oxygen atoms in total. The van der Waals surface area contributed by atoms with Gasteiger partial charge in [0.25, 0.3) is 0 Å². The van der Waals surface area contributed by atoms with Crippen LogP contribution in [-0.2, 0) is 6.54 Å². The molecule has 0 N–H and O–H groups in total.